The first-order chi connectivity index (χ1) is 12.0. The number of ether oxygens (including phenoxy) is 1. The summed E-state index contributed by atoms with van der Waals surface area (Å²) in [5.74, 6) is -0.655. The highest BCUT2D eigenvalue weighted by Crippen LogP contribution is 2.28. The number of nitro groups is 1. The van der Waals surface area contributed by atoms with E-state index in [1.165, 1.54) is 12.1 Å². The zero-order valence-corrected chi connectivity index (χ0v) is 14.4. The van der Waals surface area contributed by atoms with Gasteiger partial charge in [0.15, 0.2) is 5.82 Å². The van der Waals surface area contributed by atoms with Gasteiger partial charge in [0.1, 0.15) is 0 Å². The molecule has 1 fully saturated rings. The number of benzene rings is 1. The Kier molecular flexibility index (Phi) is 7.12. The minimum absolute atomic E-state index is 0.0281. The van der Waals surface area contributed by atoms with Gasteiger partial charge in [-0.15, -0.1) is 0 Å². The van der Waals surface area contributed by atoms with Crippen LogP contribution in [-0.2, 0) is 9.53 Å². The monoisotopic (exact) mass is 353 g/mol. The van der Waals surface area contributed by atoms with Crippen molar-refractivity contribution in [3.05, 3.63) is 34.1 Å². The van der Waals surface area contributed by atoms with Gasteiger partial charge in [0.2, 0.25) is 5.91 Å². The molecule has 0 saturated carbocycles. The smallest absolute Gasteiger partial charge is 0.272 e. The molecule has 2 rings (SSSR count). The number of carbonyl (C=O) groups excluding carboxylic acids is 1. The Bertz CT molecular complexity index is 604. The van der Waals surface area contributed by atoms with Gasteiger partial charge in [-0.25, -0.2) is 4.39 Å². The van der Waals surface area contributed by atoms with Gasteiger partial charge in [0.25, 0.3) is 5.69 Å². The molecule has 0 bridgehead atoms. The Morgan fingerprint density at radius 1 is 1.44 bits per heavy atom. The van der Waals surface area contributed by atoms with E-state index in [-0.39, 0.29) is 17.5 Å². The highest BCUT2D eigenvalue weighted by atomic mass is 19.1. The van der Waals surface area contributed by atoms with Crippen LogP contribution < -0.4 is 10.2 Å². The first-order valence-electron chi connectivity index (χ1n) is 8.57. The Balaban J connectivity index is 1.81. The second-order valence-electron chi connectivity index (χ2n) is 6.00. The normalized spacial score (nSPS) is 15.2. The quantitative estimate of drug-likeness (QED) is 0.441. The van der Waals surface area contributed by atoms with Gasteiger partial charge in [-0.1, -0.05) is 0 Å². The van der Waals surface area contributed by atoms with Crippen LogP contribution in [0.5, 0.6) is 0 Å². The Labute approximate surface area is 146 Å². The molecule has 1 amide bonds. The number of anilines is 1. The van der Waals surface area contributed by atoms with Crippen molar-refractivity contribution in [1.29, 1.82) is 0 Å². The molecule has 1 N–H and O–H groups in total. The molecule has 0 unspecified atom stereocenters. The van der Waals surface area contributed by atoms with Crippen molar-refractivity contribution < 1.29 is 18.8 Å². The predicted molar refractivity (Wildman–Crippen MR) is 92.1 cm³/mol. The van der Waals surface area contributed by atoms with Crippen LogP contribution >= 0.6 is 0 Å². The lowest BCUT2D eigenvalue weighted by atomic mass is 9.95. The molecule has 0 radical (unpaired) electrons. The van der Waals surface area contributed by atoms with Gasteiger partial charge in [0, 0.05) is 44.8 Å². The number of nitrogens with zero attached hydrogens (tertiary/aromatic N) is 2. The van der Waals surface area contributed by atoms with Crippen molar-refractivity contribution in [3.8, 4) is 0 Å². The van der Waals surface area contributed by atoms with Crippen LogP contribution in [0.2, 0.25) is 0 Å². The van der Waals surface area contributed by atoms with Crippen LogP contribution in [0.1, 0.15) is 26.2 Å². The largest absolute Gasteiger partial charge is 0.382 e. The fourth-order valence-electron chi connectivity index (χ4n) is 2.92. The van der Waals surface area contributed by atoms with Crippen molar-refractivity contribution in [2.24, 2.45) is 5.92 Å². The van der Waals surface area contributed by atoms with Gasteiger partial charge in [-0.2, -0.15) is 0 Å². The number of piperidine rings is 1. The third-order valence-corrected chi connectivity index (χ3v) is 4.32. The topological polar surface area (TPSA) is 84.7 Å². The van der Waals surface area contributed by atoms with Crippen LogP contribution in [0.25, 0.3) is 0 Å². The maximum Gasteiger partial charge on any atom is 0.272 e. The van der Waals surface area contributed by atoms with E-state index in [1.807, 2.05) is 11.8 Å². The van der Waals surface area contributed by atoms with Crippen LogP contribution in [0.3, 0.4) is 0 Å². The van der Waals surface area contributed by atoms with E-state index in [0.717, 1.165) is 12.5 Å². The van der Waals surface area contributed by atoms with Crippen LogP contribution in [0, 0.1) is 21.8 Å². The van der Waals surface area contributed by atoms with E-state index in [0.29, 0.717) is 51.4 Å². The molecular formula is C17H24FN3O4. The number of non-ortho nitro benzene ring substituents is 1. The first-order valence-corrected chi connectivity index (χ1v) is 8.57. The molecule has 0 aromatic heterocycles. The lowest BCUT2D eigenvalue weighted by Gasteiger charge is -2.33. The molecule has 1 heterocycles. The second-order valence-corrected chi connectivity index (χ2v) is 6.00. The molecule has 138 valence electrons. The fraction of sp³-hybridized carbons (Fsp3) is 0.588. The summed E-state index contributed by atoms with van der Waals surface area (Å²) in [6.07, 6.45) is 2.05. The molecule has 7 nitrogen and oxygen atoms in total. The highest BCUT2D eigenvalue weighted by molar-refractivity contribution is 5.79. The van der Waals surface area contributed by atoms with Crippen molar-refractivity contribution >= 4 is 17.3 Å². The Hall–Kier alpha value is -2.22. The summed E-state index contributed by atoms with van der Waals surface area (Å²) < 4.78 is 19.3. The summed E-state index contributed by atoms with van der Waals surface area (Å²) in [5.41, 5.74) is 0.0868. The van der Waals surface area contributed by atoms with Crippen molar-refractivity contribution in [2.45, 2.75) is 26.2 Å². The predicted octanol–water partition coefficient (Wildman–Crippen LogP) is 2.49. The summed E-state index contributed by atoms with van der Waals surface area (Å²) in [5, 5.41) is 13.6. The van der Waals surface area contributed by atoms with Gasteiger partial charge in [-0.3, -0.25) is 14.9 Å². The van der Waals surface area contributed by atoms with E-state index in [1.54, 1.807) is 0 Å². The van der Waals surface area contributed by atoms with E-state index in [4.69, 9.17) is 4.74 Å². The number of nitro benzene ring substituents is 1. The molecule has 1 aliphatic rings. The Morgan fingerprint density at radius 3 is 2.76 bits per heavy atom. The second kappa shape index (κ2) is 9.31. The minimum Gasteiger partial charge on any atom is -0.382 e. The average molecular weight is 353 g/mol. The van der Waals surface area contributed by atoms with Crippen molar-refractivity contribution in [1.82, 2.24) is 5.32 Å². The molecule has 0 spiro atoms. The molecular weight excluding hydrogens is 329 g/mol. The van der Waals surface area contributed by atoms with Gasteiger partial charge >= 0.3 is 0 Å². The average Bonchev–Trinajstić information content (AvgIpc) is 2.61. The van der Waals surface area contributed by atoms with Crippen LogP contribution in [-0.4, -0.2) is 43.7 Å². The molecule has 1 aromatic carbocycles. The van der Waals surface area contributed by atoms with Gasteiger partial charge in [-0.05, 0) is 32.3 Å². The first kappa shape index (κ1) is 19.1. The summed E-state index contributed by atoms with van der Waals surface area (Å²) in [7, 11) is 0. The molecule has 8 heteroatoms. The molecule has 1 aromatic rings. The maximum absolute atomic E-state index is 14.1. The third-order valence-electron chi connectivity index (χ3n) is 4.32. The summed E-state index contributed by atoms with van der Waals surface area (Å²) in [4.78, 5) is 24.0. The zero-order chi connectivity index (χ0) is 18.2. The fourth-order valence-corrected chi connectivity index (χ4v) is 2.92. The van der Waals surface area contributed by atoms with Crippen LogP contribution in [0.15, 0.2) is 18.2 Å². The standard InChI is InChI=1S/C17H24FN3O4/c1-2-25-11-3-8-19-17(22)13-6-9-20(10-7-13)16-5-4-14(21(23)24)12-15(16)18/h4-5,12-13H,2-3,6-11H2,1H3,(H,19,22). The van der Waals surface area contributed by atoms with E-state index in [9.17, 15) is 19.3 Å². The molecule has 1 saturated heterocycles. The number of hydrogen-bond acceptors (Lipinski definition) is 5. The number of nitrogens with one attached hydrogen (secondary N) is 1. The van der Waals surface area contributed by atoms with E-state index in [2.05, 4.69) is 5.32 Å². The summed E-state index contributed by atoms with van der Waals surface area (Å²) in [6, 6.07) is 3.67. The third kappa shape index (κ3) is 5.38. The molecule has 0 atom stereocenters. The van der Waals surface area contributed by atoms with E-state index < -0.39 is 10.7 Å². The Morgan fingerprint density at radius 2 is 2.16 bits per heavy atom. The molecule has 25 heavy (non-hydrogen) atoms. The van der Waals surface area contributed by atoms with E-state index >= 15 is 0 Å². The highest BCUT2D eigenvalue weighted by Gasteiger charge is 2.26. The number of halogens is 1. The van der Waals surface area contributed by atoms with Crippen molar-refractivity contribution in [3.63, 3.8) is 0 Å². The lowest BCUT2D eigenvalue weighted by Crippen LogP contribution is -2.41. The lowest BCUT2D eigenvalue weighted by molar-refractivity contribution is -0.385. The number of amides is 1. The summed E-state index contributed by atoms with van der Waals surface area (Å²) in [6.45, 7) is 4.92. The SMILES string of the molecule is CCOCCCNC(=O)C1CCN(c2ccc([N+](=O)[O-])cc2F)CC1. The number of rotatable bonds is 8. The van der Waals surface area contributed by atoms with Gasteiger partial charge in [0.05, 0.1) is 16.7 Å². The molecule has 1 aliphatic heterocycles. The number of hydrogen-bond donors (Lipinski definition) is 1. The number of carbonyl (C=O) groups is 1. The van der Waals surface area contributed by atoms with Gasteiger partial charge < -0.3 is 15.0 Å². The minimum atomic E-state index is -0.616. The maximum atomic E-state index is 14.1. The van der Waals surface area contributed by atoms with Crippen LogP contribution in [0.4, 0.5) is 15.8 Å². The summed E-state index contributed by atoms with van der Waals surface area (Å²) >= 11 is 0. The van der Waals surface area contributed by atoms with Crippen molar-refractivity contribution in [2.75, 3.05) is 37.7 Å². The molecule has 0 aliphatic carbocycles. The zero-order valence-electron chi connectivity index (χ0n) is 14.4.